The number of halogens is 1. The second-order valence-electron chi connectivity index (χ2n) is 3.81. The van der Waals surface area contributed by atoms with Gasteiger partial charge in [0.25, 0.3) is 0 Å². The highest BCUT2D eigenvalue weighted by molar-refractivity contribution is 9.10. The number of aryl methyl sites for hydroxylation is 2. The lowest BCUT2D eigenvalue weighted by Crippen LogP contribution is -2.16. The van der Waals surface area contributed by atoms with Crippen molar-refractivity contribution in [1.29, 1.82) is 0 Å². The molecule has 2 heterocycles. The predicted molar refractivity (Wildman–Crippen MR) is 73.7 cm³/mol. The molecule has 0 saturated heterocycles. The van der Waals surface area contributed by atoms with Crippen molar-refractivity contribution in [2.24, 2.45) is 7.05 Å². The van der Waals surface area contributed by atoms with Gasteiger partial charge in [0.2, 0.25) is 0 Å². The summed E-state index contributed by atoms with van der Waals surface area (Å²) >= 11 is 5.04. The maximum absolute atomic E-state index is 11.4. The summed E-state index contributed by atoms with van der Waals surface area (Å²) < 4.78 is 4.47. The van der Waals surface area contributed by atoms with Gasteiger partial charge in [-0.15, -0.1) is 5.10 Å². The second-order valence-corrected chi connectivity index (χ2v) is 5.55. The molecule has 2 aromatic rings. The first kappa shape index (κ1) is 13.4. The van der Waals surface area contributed by atoms with E-state index in [-0.39, 0.29) is 5.69 Å². The molecule has 0 aliphatic heterocycles. The summed E-state index contributed by atoms with van der Waals surface area (Å²) in [5.41, 5.74) is 1.87. The van der Waals surface area contributed by atoms with Crippen LogP contribution in [0.4, 0.5) is 0 Å². The highest BCUT2D eigenvalue weighted by Gasteiger charge is 2.13. The molecular formula is C10H14BrN5OS. The molecule has 0 aromatic carbocycles. The smallest absolute Gasteiger partial charge is 0.270 e. The lowest BCUT2D eigenvalue weighted by atomic mass is 10.4. The minimum absolute atomic E-state index is 0.166. The van der Waals surface area contributed by atoms with E-state index in [1.807, 2.05) is 25.6 Å². The predicted octanol–water partition coefficient (Wildman–Crippen LogP) is 1.69. The van der Waals surface area contributed by atoms with Crippen LogP contribution in [0.3, 0.4) is 0 Å². The van der Waals surface area contributed by atoms with Crippen molar-refractivity contribution in [1.82, 2.24) is 24.5 Å². The van der Waals surface area contributed by atoms with Crippen molar-refractivity contribution in [2.45, 2.75) is 31.3 Å². The Morgan fingerprint density at radius 1 is 1.50 bits per heavy atom. The van der Waals surface area contributed by atoms with Crippen LogP contribution in [-0.2, 0) is 19.3 Å². The maximum Gasteiger partial charge on any atom is 0.343 e. The van der Waals surface area contributed by atoms with Crippen molar-refractivity contribution in [2.75, 3.05) is 0 Å². The third-order valence-electron chi connectivity index (χ3n) is 2.64. The first-order chi connectivity index (χ1) is 8.54. The molecule has 0 amide bonds. The first-order valence-corrected chi connectivity index (χ1v) is 7.28. The van der Waals surface area contributed by atoms with E-state index in [0.29, 0.717) is 17.5 Å². The van der Waals surface area contributed by atoms with E-state index in [0.717, 1.165) is 15.9 Å². The van der Waals surface area contributed by atoms with Crippen LogP contribution in [0.2, 0.25) is 0 Å². The third-order valence-corrected chi connectivity index (χ3v) is 4.66. The van der Waals surface area contributed by atoms with E-state index in [9.17, 15) is 4.79 Å². The summed E-state index contributed by atoms with van der Waals surface area (Å²) in [6, 6.07) is 0. The molecule has 0 spiro atoms. The molecule has 0 aliphatic carbocycles. The molecule has 0 aliphatic rings. The molecule has 1 N–H and O–H groups in total. The van der Waals surface area contributed by atoms with Crippen molar-refractivity contribution in [3.63, 3.8) is 0 Å². The molecule has 2 aromatic heterocycles. The Bertz CT molecular complexity index is 614. The number of hydrogen-bond acceptors (Lipinski definition) is 4. The van der Waals surface area contributed by atoms with Crippen LogP contribution >= 0.6 is 27.7 Å². The Hall–Kier alpha value is -1.02. The number of aromatic nitrogens is 5. The highest BCUT2D eigenvalue weighted by atomic mass is 79.9. The fourth-order valence-electron chi connectivity index (χ4n) is 1.66. The number of nitrogens with zero attached hydrogens (tertiary/aromatic N) is 4. The monoisotopic (exact) mass is 331 g/mol. The van der Waals surface area contributed by atoms with Crippen LogP contribution in [-0.4, -0.2) is 24.5 Å². The summed E-state index contributed by atoms with van der Waals surface area (Å²) in [4.78, 5) is 11.4. The number of hydrogen-bond donors (Lipinski definition) is 1. The zero-order valence-electron chi connectivity index (χ0n) is 10.4. The Labute approximate surface area is 117 Å². The lowest BCUT2D eigenvalue weighted by molar-refractivity contribution is 0.659. The van der Waals surface area contributed by atoms with E-state index in [1.54, 1.807) is 4.57 Å². The zero-order valence-corrected chi connectivity index (χ0v) is 12.8. The van der Waals surface area contributed by atoms with Gasteiger partial charge >= 0.3 is 5.69 Å². The molecule has 0 saturated carbocycles. The Morgan fingerprint density at radius 3 is 2.78 bits per heavy atom. The van der Waals surface area contributed by atoms with Gasteiger partial charge in [-0.05, 0) is 29.8 Å². The summed E-state index contributed by atoms with van der Waals surface area (Å²) in [5.74, 6) is 0.711. The quantitative estimate of drug-likeness (QED) is 0.865. The topological polar surface area (TPSA) is 68.5 Å². The number of aromatic amines is 1. The molecule has 18 heavy (non-hydrogen) atoms. The minimum Gasteiger partial charge on any atom is -0.270 e. The molecule has 98 valence electrons. The second kappa shape index (κ2) is 5.31. The van der Waals surface area contributed by atoms with Gasteiger partial charge in [-0.25, -0.2) is 9.89 Å². The van der Waals surface area contributed by atoms with E-state index in [1.165, 1.54) is 11.8 Å². The fraction of sp³-hybridized carbons (Fsp3) is 0.500. The minimum atomic E-state index is -0.166. The van der Waals surface area contributed by atoms with Gasteiger partial charge in [-0.2, -0.15) is 5.10 Å². The SMILES string of the molecule is CCn1c(SCc2c(Br)c(C)nn2C)n[nH]c1=O. The average molecular weight is 332 g/mol. The molecule has 0 atom stereocenters. The van der Waals surface area contributed by atoms with E-state index in [4.69, 9.17) is 0 Å². The van der Waals surface area contributed by atoms with Gasteiger partial charge in [0.1, 0.15) is 0 Å². The van der Waals surface area contributed by atoms with Crippen LogP contribution < -0.4 is 5.69 Å². The Kier molecular flexibility index (Phi) is 3.96. The molecular weight excluding hydrogens is 318 g/mol. The van der Waals surface area contributed by atoms with E-state index >= 15 is 0 Å². The Balaban J connectivity index is 2.19. The zero-order chi connectivity index (χ0) is 13.3. The summed E-state index contributed by atoms with van der Waals surface area (Å²) in [5, 5.41) is 11.5. The van der Waals surface area contributed by atoms with Crippen LogP contribution in [0, 0.1) is 6.92 Å². The maximum atomic E-state index is 11.4. The summed E-state index contributed by atoms with van der Waals surface area (Å²) in [6.45, 7) is 4.49. The Morgan fingerprint density at radius 2 is 2.22 bits per heavy atom. The number of rotatable bonds is 4. The number of nitrogens with one attached hydrogen (secondary N) is 1. The van der Waals surface area contributed by atoms with E-state index in [2.05, 4.69) is 31.2 Å². The van der Waals surface area contributed by atoms with E-state index < -0.39 is 0 Å². The van der Waals surface area contributed by atoms with Gasteiger partial charge < -0.3 is 0 Å². The van der Waals surface area contributed by atoms with Crippen molar-refractivity contribution in [3.8, 4) is 0 Å². The number of thioether (sulfide) groups is 1. The standard InChI is InChI=1S/C10H14BrN5OS/c1-4-16-9(17)12-13-10(16)18-5-7-8(11)6(2)14-15(7)3/h4-5H2,1-3H3,(H,12,17). The fourth-order valence-corrected chi connectivity index (χ4v) is 3.40. The third kappa shape index (κ3) is 2.39. The van der Waals surface area contributed by atoms with Crippen LogP contribution in [0.1, 0.15) is 18.3 Å². The van der Waals surface area contributed by atoms with Gasteiger partial charge in [0.15, 0.2) is 5.16 Å². The van der Waals surface area contributed by atoms with Gasteiger partial charge in [-0.3, -0.25) is 9.25 Å². The van der Waals surface area contributed by atoms with Gasteiger partial charge in [0, 0.05) is 19.3 Å². The normalized spacial score (nSPS) is 11.1. The van der Waals surface area contributed by atoms with Crippen molar-refractivity contribution in [3.05, 3.63) is 26.3 Å². The lowest BCUT2D eigenvalue weighted by Gasteiger charge is -2.03. The molecule has 0 radical (unpaired) electrons. The summed E-state index contributed by atoms with van der Waals surface area (Å²) in [6.07, 6.45) is 0. The van der Waals surface area contributed by atoms with Crippen LogP contribution in [0.5, 0.6) is 0 Å². The van der Waals surface area contributed by atoms with Crippen molar-refractivity contribution >= 4 is 27.7 Å². The first-order valence-electron chi connectivity index (χ1n) is 5.50. The molecule has 8 heteroatoms. The molecule has 0 fully saturated rings. The van der Waals surface area contributed by atoms with Gasteiger partial charge in [-0.1, -0.05) is 11.8 Å². The number of H-pyrrole nitrogens is 1. The van der Waals surface area contributed by atoms with Crippen LogP contribution in [0.15, 0.2) is 14.4 Å². The highest BCUT2D eigenvalue weighted by Crippen LogP contribution is 2.26. The van der Waals surface area contributed by atoms with Crippen molar-refractivity contribution < 1.29 is 0 Å². The summed E-state index contributed by atoms with van der Waals surface area (Å²) in [7, 11) is 1.91. The molecule has 6 nitrogen and oxygen atoms in total. The molecule has 0 unspecified atom stereocenters. The largest absolute Gasteiger partial charge is 0.343 e. The molecule has 0 bridgehead atoms. The van der Waals surface area contributed by atoms with Gasteiger partial charge in [0.05, 0.1) is 15.9 Å². The molecule has 2 rings (SSSR count). The average Bonchev–Trinajstić information content (AvgIpc) is 2.79. The van der Waals surface area contributed by atoms with Crippen LogP contribution in [0.25, 0.3) is 0 Å².